The highest BCUT2D eigenvalue weighted by Crippen LogP contribution is 2.31. The maximum Gasteiger partial charge on any atom is 0.258 e. The van der Waals surface area contributed by atoms with Crippen LogP contribution in [0.4, 0.5) is 5.69 Å². The summed E-state index contributed by atoms with van der Waals surface area (Å²) < 4.78 is 1.96. The minimum atomic E-state index is -0.315. The molecule has 1 N–H and O–H groups in total. The zero-order valence-electron chi connectivity index (χ0n) is 16.4. The van der Waals surface area contributed by atoms with E-state index < -0.39 is 0 Å². The van der Waals surface area contributed by atoms with E-state index in [0.717, 1.165) is 31.6 Å². The van der Waals surface area contributed by atoms with Crippen molar-refractivity contribution in [3.63, 3.8) is 0 Å². The lowest BCUT2D eigenvalue weighted by Crippen LogP contribution is -2.39. The summed E-state index contributed by atoms with van der Waals surface area (Å²) in [5.74, 6) is -0.315. The average Bonchev–Trinajstić information content (AvgIpc) is 3.15. The highest BCUT2D eigenvalue weighted by molar-refractivity contribution is 6.38. The maximum absolute atomic E-state index is 12.7. The van der Waals surface area contributed by atoms with Gasteiger partial charge in [-0.15, -0.1) is 0 Å². The van der Waals surface area contributed by atoms with Crippen LogP contribution in [0.3, 0.4) is 0 Å². The molecule has 3 aromatic rings. The molecule has 8 heteroatoms. The van der Waals surface area contributed by atoms with Gasteiger partial charge in [0.15, 0.2) is 5.65 Å². The Hall–Kier alpha value is -2.15. The minimum absolute atomic E-state index is 0.291. The van der Waals surface area contributed by atoms with Gasteiger partial charge in [-0.3, -0.25) is 4.79 Å². The second-order valence-electron chi connectivity index (χ2n) is 7.63. The van der Waals surface area contributed by atoms with E-state index in [-0.39, 0.29) is 5.91 Å². The molecule has 3 heterocycles. The molecule has 0 bridgehead atoms. The van der Waals surface area contributed by atoms with E-state index in [2.05, 4.69) is 34.1 Å². The average molecular weight is 432 g/mol. The van der Waals surface area contributed by atoms with Gasteiger partial charge >= 0.3 is 0 Å². The third kappa shape index (κ3) is 4.10. The Morgan fingerprint density at radius 1 is 1.14 bits per heavy atom. The summed E-state index contributed by atoms with van der Waals surface area (Å²) in [7, 11) is 0. The molecule has 0 aliphatic carbocycles. The second-order valence-corrected chi connectivity index (χ2v) is 8.45. The van der Waals surface area contributed by atoms with Crippen LogP contribution < -0.4 is 5.32 Å². The molecular formula is C21H23Cl2N5O. The molecule has 1 aliphatic heterocycles. The number of nitrogens with zero attached hydrogens (tertiary/aromatic N) is 4. The van der Waals surface area contributed by atoms with Crippen LogP contribution in [0.25, 0.3) is 11.0 Å². The Kier molecular flexibility index (Phi) is 5.76. The topological polar surface area (TPSA) is 63.1 Å². The van der Waals surface area contributed by atoms with Crippen molar-refractivity contribution in [3.05, 3.63) is 52.3 Å². The molecule has 29 heavy (non-hydrogen) atoms. The van der Waals surface area contributed by atoms with Gasteiger partial charge in [-0.05, 0) is 51.0 Å². The number of halogens is 2. The van der Waals surface area contributed by atoms with Gasteiger partial charge in [0.1, 0.15) is 0 Å². The first-order chi connectivity index (χ1) is 13.9. The summed E-state index contributed by atoms with van der Waals surface area (Å²) in [5, 5.41) is 9.04. The third-order valence-corrected chi connectivity index (χ3v) is 6.14. The van der Waals surface area contributed by atoms with Crippen molar-refractivity contribution >= 4 is 45.8 Å². The van der Waals surface area contributed by atoms with Gasteiger partial charge in [0.25, 0.3) is 5.91 Å². The molecule has 0 unspecified atom stereocenters. The summed E-state index contributed by atoms with van der Waals surface area (Å²) in [4.78, 5) is 19.7. The first kappa shape index (κ1) is 20.1. The van der Waals surface area contributed by atoms with E-state index in [1.54, 1.807) is 30.5 Å². The number of carbonyl (C=O) groups excluding carboxylic acids is 1. The second kappa shape index (κ2) is 8.30. The summed E-state index contributed by atoms with van der Waals surface area (Å²) in [6, 6.07) is 7.76. The molecular weight excluding hydrogens is 409 g/mol. The van der Waals surface area contributed by atoms with Gasteiger partial charge in [0.2, 0.25) is 0 Å². The number of amides is 1. The van der Waals surface area contributed by atoms with Crippen molar-refractivity contribution in [3.8, 4) is 0 Å². The lowest BCUT2D eigenvalue weighted by atomic mass is 10.0. The molecule has 1 amide bonds. The van der Waals surface area contributed by atoms with Crippen LogP contribution in [-0.2, 0) is 0 Å². The standard InChI is InChI=1S/C21H23Cl2N5O/c1-13(2)27-9-7-16(8-10-27)28-20-17(12-25-28)19(23)18(11-24-20)21(29)26-15-5-3-14(22)4-6-15/h3-6,11-13,16H,7-10H2,1-2H3,(H,26,29). The van der Waals surface area contributed by atoms with E-state index in [0.29, 0.717) is 38.8 Å². The van der Waals surface area contributed by atoms with Crippen molar-refractivity contribution in [1.82, 2.24) is 19.7 Å². The van der Waals surface area contributed by atoms with Gasteiger partial charge in [0, 0.05) is 36.0 Å². The van der Waals surface area contributed by atoms with Crippen molar-refractivity contribution in [2.75, 3.05) is 18.4 Å². The fourth-order valence-electron chi connectivity index (χ4n) is 3.77. The number of hydrogen-bond acceptors (Lipinski definition) is 4. The number of rotatable bonds is 4. The lowest BCUT2D eigenvalue weighted by Gasteiger charge is -2.34. The first-order valence-corrected chi connectivity index (χ1v) is 10.5. The fraction of sp³-hybridized carbons (Fsp3) is 0.381. The van der Waals surface area contributed by atoms with Crippen LogP contribution in [0.1, 0.15) is 43.1 Å². The number of aromatic nitrogens is 3. The molecule has 1 aliphatic rings. The molecule has 1 fully saturated rings. The zero-order chi connectivity index (χ0) is 20.5. The Bertz CT molecular complexity index is 1020. The number of piperidine rings is 1. The van der Waals surface area contributed by atoms with Gasteiger partial charge < -0.3 is 10.2 Å². The number of nitrogens with one attached hydrogen (secondary N) is 1. The van der Waals surface area contributed by atoms with Crippen LogP contribution in [0.5, 0.6) is 0 Å². The smallest absolute Gasteiger partial charge is 0.258 e. The van der Waals surface area contributed by atoms with Gasteiger partial charge in [-0.2, -0.15) is 5.10 Å². The van der Waals surface area contributed by atoms with E-state index >= 15 is 0 Å². The lowest BCUT2D eigenvalue weighted by molar-refractivity contribution is 0.102. The van der Waals surface area contributed by atoms with Gasteiger partial charge in [0.05, 0.1) is 28.2 Å². The van der Waals surface area contributed by atoms with Crippen molar-refractivity contribution in [2.45, 2.75) is 38.8 Å². The monoisotopic (exact) mass is 431 g/mol. The molecule has 0 spiro atoms. The summed E-state index contributed by atoms with van der Waals surface area (Å²) in [6.07, 6.45) is 5.27. The molecule has 152 valence electrons. The number of carbonyl (C=O) groups is 1. The number of anilines is 1. The van der Waals surface area contributed by atoms with E-state index in [4.69, 9.17) is 23.2 Å². The first-order valence-electron chi connectivity index (χ1n) is 9.76. The molecule has 1 saturated heterocycles. The summed E-state index contributed by atoms with van der Waals surface area (Å²) in [5.41, 5.74) is 1.69. The van der Waals surface area contributed by atoms with Crippen LogP contribution in [-0.4, -0.2) is 44.7 Å². The van der Waals surface area contributed by atoms with Crippen LogP contribution in [0.15, 0.2) is 36.7 Å². The number of fused-ring (bicyclic) bond motifs is 1. The molecule has 1 aromatic carbocycles. The van der Waals surface area contributed by atoms with E-state index in [1.807, 2.05) is 4.68 Å². The maximum atomic E-state index is 12.7. The summed E-state index contributed by atoms with van der Waals surface area (Å²) in [6.45, 7) is 6.53. The van der Waals surface area contributed by atoms with Crippen LogP contribution in [0.2, 0.25) is 10.0 Å². The SMILES string of the molecule is CC(C)N1CCC(n2ncc3c(Cl)c(C(=O)Nc4ccc(Cl)cc4)cnc32)CC1. The van der Waals surface area contributed by atoms with Crippen molar-refractivity contribution in [2.24, 2.45) is 0 Å². The molecule has 0 saturated carbocycles. The molecule has 2 aromatic heterocycles. The number of pyridine rings is 1. The van der Waals surface area contributed by atoms with E-state index in [9.17, 15) is 4.79 Å². The zero-order valence-corrected chi connectivity index (χ0v) is 17.9. The highest BCUT2D eigenvalue weighted by Gasteiger charge is 2.25. The van der Waals surface area contributed by atoms with Gasteiger partial charge in [-0.1, -0.05) is 23.2 Å². The Balaban J connectivity index is 1.56. The highest BCUT2D eigenvalue weighted by atomic mass is 35.5. The van der Waals surface area contributed by atoms with E-state index in [1.165, 1.54) is 6.20 Å². The quantitative estimate of drug-likeness (QED) is 0.628. The predicted octanol–water partition coefficient (Wildman–Crippen LogP) is 5.04. The largest absolute Gasteiger partial charge is 0.322 e. The Morgan fingerprint density at radius 2 is 1.83 bits per heavy atom. The minimum Gasteiger partial charge on any atom is -0.322 e. The number of benzene rings is 1. The molecule has 0 atom stereocenters. The Morgan fingerprint density at radius 3 is 2.48 bits per heavy atom. The van der Waals surface area contributed by atoms with Crippen LogP contribution in [0, 0.1) is 0 Å². The van der Waals surface area contributed by atoms with Crippen LogP contribution >= 0.6 is 23.2 Å². The van der Waals surface area contributed by atoms with Gasteiger partial charge in [-0.25, -0.2) is 9.67 Å². The molecule has 6 nitrogen and oxygen atoms in total. The normalized spacial score (nSPS) is 15.9. The number of likely N-dealkylation sites (tertiary alicyclic amines) is 1. The Labute approximate surface area is 179 Å². The third-order valence-electron chi connectivity index (χ3n) is 5.48. The molecule has 0 radical (unpaired) electrons. The predicted molar refractivity (Wildman–Crippen MR) is 117 cm³/mol. The molecule has 4 rings (SSSR count). The number of hydrogen-bond donors (Lipinski definition) is 1. The fourth-order valence-corrected chi connectivity index (χ4v) is 4.16. The van der Waals surface area contributed by atoms with Crippen molar-refractivity contribution in [1.29, 1.82) is 0 Å². The van der Waals surface area contributed by atoms with Crippen molar-refractivity contribution < 1.29 is 4.79 Å². The summed E-state index contributed by atoms with van der Waals surface area (Å²) >= 11 is 12.5.